The highest BCUT2D eigenvalue weighted by Gasteiger charge is 2.38. The summed E-state index contributed by atoms with van der Waals surface area (Å²) in [7, 11) is 0. The Morgan fingerprint density at radius 2 is 2.00 bits per heavy atom. The van der Waals surface area contributed by atoms with Gasteiger partial charge < -0.3 is 10.4 Å². The monoisotopic (exact) mass is 254 g/mol. The molecule has 1 aliphatic carbocycles. The normalized spacial score (nSPS) is 20.8. The van der Waals surface area contributed by atoms with E-state index < -0.39 is 5.97 Å². The molecular formula is C15H14N2O2. The average molecular weight is 254 g/mol. The van der Waals surface area contributed by atoms with Gasteiger partial charge in [-0.1, -0.05) is 30.3 Å². The summed E-state index contributed by atoms with van der Waals surface area (Å²) in [5, 5.41) is 12.1. The molecule has 3 rings (SSSR count). The van der Waals surface area contributed by atoms with Crippen molar-refractivity contribution in [2.45, 2.75) is 18.4 Å². The number of benzene rings is 1. The molecule has 0 aliphatic heterocycles. The van der Waals surface area contributed by atoms with Gasteiger partial charge in [-0.05, 0) is 24.1 Å². The van der Waals surface area contributed by atoms with Gasteiger partial charge in [0.15, 0.2) is 0 Å². The van der Waals surface area contributed by atoms with Crippen LogP contribution < -0.4 is 5.32 Å². The fourth-order valence-electron chi connectivity index (χ4n) is 2.22. The quantitative estimate of drug-likeness (QED) is 0.880. The number of nitrogens with one attached hydrogen (secondary N) is 1. The number of hydrogen-bond acceptors (Lipinski definition) is 3. The van der Waals surface area contributed by atoms with Crippen LogP contribution in [-0.2, 0) is 0 Å². The number of rotatable bonds is 4. The van der Waals surface area contributed by atoms with Crippen LogP contribution >= 0.6 is 0 Å². The van der Waals surface area contributed by atoms with Crippen molar-refractivity contribution in [2.75, 3.05) is 5.32 Å². The molecule has 0 saturated heterocycles. The predicted molar refractivity (Wildman–Crippen MR) is 72.4 cm³/mol. The minimum atomic E-state index is -0.951. The third-order valence-corrected chi connectivity index (χ3v) is 3.36. The van der Waals surface area contributed by atoms with Gasteiger partial charge in [0.1, 0.15) is 5.82 Å². The van der Waals surface area contributed by atoms with Gasteiger partial charge in [0.25, 0.3) is 0 Å². The number of aromatic nitrogens is 1. The second-order valence-electron chi connectivity index (χ2n) is 4.74. The van der Waals surface area contributed by atoms with E-state index in [1.165, 1.54) is 11.8 Å². The summed E-state index contributed by atoms with van der Waals surface area (Å²) in [6.45, 7) is 0. The van der Waals surface area contributed by atoms with Crippen LogP contribution in [0.4, 0.5) is 5.82 Å². The number of nitrogens with zero attached hydrogens (tertiary/aromatic N) is 1. The summed E-state index contributed by atoms with van der Waals surface area (Å²) in [6.07, 6.45) is 2.47. The van der Waals surface area contributed by atoms with Gasteiger partial charge in [-0.25, -0.2) is 9.78 Å². The summed E-state index contributed by atoms with van der Waals surface area (Å²) in [5.41, 5.74) is 1.54. The molecule has 2 atom stereocenters. The Bertz CT molecular complexity index is 581. The van der Waals surface area contributed by atoms with Gasteiger partial charge in [0.05, 0.1) is 5.56 Å². The Balaban J connectivity index is 1.63. The van der Waals surface area contributed by atoms with Crippen molar-refractivity contribution < 1.29 is 9.90 Å². The van der Waals surface area contributed by atoms with Crippen molar-refractivity contribution in [3.63, 3.8) is 0 Å². The standard InChI is InChI=1S/C15H14N2O2/c18-15(19)11-6-7-14(16-9-11)17-13-8-12(13)10-4-2-1-3-5-10/h1-7,9,12-13H,8H2,(H,16,17)(H,18,19). The summed E-state index contributed by atoms with van der Waals surface area (Å²) in [4.78, 5) is 14.8. The van der Waals surface area contributed by atoms with Gasteiger partial charge in [-0.15, -0.1) is 0 Å². The van der Waals surface area contributed by atoms with Crippen molar-refractivity contribution in [1.82, 2.24) is 4.98 Å². The smallest absolute Gasteiger partial charge is 0.337 e. The number of hydrogen-bond donors (Lipinski definition) is 2. The van der Waals surface area contributed by atoms with Crippen LogP contribution in [0.3, 0.4) is 0 Å². The Kier molecular flexibility index (Phi) is 2.91. The molecule has 1 aliphatic rings. The van der Waals surface area contributed by atoms with Gasteiger partial charge in [-0.3, -0.25) is 0 Å². The maximum Gasteiger partial charge on any atom is 0.337 e. The summed E-state index contributed by atoms with van der Waals surface area (Å²) in [5.74, 6) is 0.309. The van der Waals surface area contributed by atoms with Crippen LogP contribution in [0, 0.1) is 0 Å². The third kappa shape index (κ3) is 2.57. The molecule has 4 heteroatoms. The van der Waals surface area contributed by atoms with E-state index in [4.69, 9.17) is 5.11 Å². The Morgan fingerprint density at radius 3 is 2.63 bits per heavy atom. The average Bonchev–Trinajstić information content (AvgIpc) is 3.20. The second kappa shape index (κ2) is 4.72. The van der Waals surface area contributed by atoms with E-state index in [9.17, 15) is 4.79 Å². The largest absolute Gasteiger partial charge is 0.478 e. The zero-order chi connectivity index (χ0) is 13.2. The molecule has 0 radical (unpaired) electrons. The van der Waals surface area contributed by atoms with Crippen LogP contribution in [0.5, 0.6) is 0 Å². The van der Waals surface area contributed by atoms with E-state index in [2.05, 4.69) is 22.4 Å². The topological polar surface area (TPSA) is 62.2 Å². The molecule has 1 saturated carbocycles. The number of carboxylic acid groups (broad SMARTS) is 1. The Labute approximate surface area is 111 Å². The zero-order valence-electron chi connectivity index (χ0n) is 10.3. The highest BCUT2D eigenvalue weighted by molar-refractivity contribution is 5.87. The van der Waals surface area contributed by atoms with E-state index >= 15 is 0 Å². The molecule has 0 amide bonds. The molecular weight excluding hydrogens is 240 g/mol. The van der Waals surface area contributed by atoms with Crippen LogP contribution in [0.2, 0.25) is 0 Å². The number of aromatic carboxylic acids is 1. The highest BCUT2D eigenvalue weighted by atomic mass is 16.4. The number of anilines is 1. The fraction of sp³-hybridized carbons (Fsp3) is 0.200. The fourth-order valence-corrected chi connectivity index (χ4v) is 2.22. The minimum Gasteiger partial charge on any atom is -0.478 e. The van der Waals surface area contributed by atoms with Gasteiger partial charge >= 0.3 is 5.97 Å². The molecule has 1 aromatic carbocycles. The first kappa shape index (κ1) is 11.7. The van der Waals surface area contributed by atoms with Gasteiger partial charge in [-0.2, -0.15) is 0 Å². The Morgan fingerprint density at radius 1 is 1.21 bits per heavy atom. The summed E-state index contributed by atoms with van der Waals surface area (Å²) in [6, 6.07) is 14.0. The SMILES string of the molecule is O=C(O)c1ccc(NC2CC2c2ccccc2)nc1. The number of carbonyl (C=O) groups is 1. The van der Waals surface area contributed by atoms with Crippen molar-refractivity contribution >= 4 is 11.8 Å². The van der Waals surface area contributed by atoms with Crippen LogP contribution in [-0.4, -0.2) is 22.1 Å². The molecule has 2 unspecified atom stereocenters. The molecule has 0 spiro atoms. The first-order valence-corrected chi connectivity index (χ1v) is 6.25. The van der Waals surface area contributed by atoms with Gasteiger partial charge in [0, 0.05) is 18.2 Å². The molecule has 2 N–H and O–H groups in total. The first-order valence-electron chi connectivity index (χ1n) is 6.25. The number of pyridine rings is 1. The molecule has 0 bridgehead atoms. The molecule has 1 aromatic heterocycles. The van der Waals surface area contributed by atoms with E-state index in [-0.39, 0.29) is 5.56 Å². The number of carboxylic acids is 1. The first-order chi connectivity index (χ1) is 9.24. The van der Waals surface area contributed by atoms with Crippen molar-refractivity contribution in [2.24, 2.45) is 0 Å². The van der Waals surface area contributed by atoms with Crippen molar-refractivity contribution in [3.05, 3.63) is 59.8 Å². The third-order valence-electron chi connectivity index (χ3n) is 3.36. The summed E-state index contributed by atoms with van der Waals surface area (Å²) >= 11 is 0. The van der Waals surface area contributed by atoms with Gasteiger partial charge in [0.2, 0.25) is 0 Å². The maximum atomic E-state index is 10.7. The second-order valence-corrected chi connectivity index (χ2v) is 4.74. The van der Waals surface area contributed by atoms with E-state index in [0.717, 1.165) is 12.2 Å². The predicted octanol–water partition coefficient (Wildman–Crippen LogP) is 2.75. The molecule has 2 aromatic rings. The minimum absolute atomic E-state index is 0.209. The van der Waals surface area contributed by atoms with Crippen molar-refractivity contribution in [1.29, 1.82) is 0 Å². The lowest BCUT2D eigenvalue weighted by Gasteiger charge is -2.05. The highest BCUT2D eigenvalue weighted by Crippen LogP contribution is 2.42. The van der Waals surface area contributed by atoms with Crippen LogP contribution in [0.25, 0.3) is 0 Å². The molecule has 1 fully saturated rings. The molecule has 96 valence electrons. The van der Waals surface area contributed by atoms with Crippen LogP contribution in [0.15, 0.2) is 48.7 Å². The van der Waals surface area contributed by atoms with E-state index in [0.29, 0.717) is 12.0 Å². The maximum absolute atomic E-state index is 10.7. The lowest BCUT2D eigenvalue weighted by molar-refractivity contribution is 0.0696. The molecule has 19 heavy (non-hydrogen) atoms. The van der Waals surface area contributed by atoms with Crippen LogP contribution in [0.1, 0.15) is 28.3 Å². The summed E-state index contributed by atoms with van der Waals surface area (Å²) < 4.78 is 0. The lowest BCUT2D eigenvalue weighted by atomic mass is 10.1. The van der Waals surface area contributed by atoms with E-state index in [1.54, 1.807) is 12.1 Å². The Hall–Kier alpha value is -2.36. The molecule has 1 heterocycles. The van der Waals surface area contributed by atoms with Crippen molar-refractivity contribution in [3.8, 4) is 0 Å². The molecule has 4 nitrogen and oxygen atoms in total. The zero-order valence-corrected chi connectivity index (χ0v) is 10.3. The lowest BCUT2D eigenvalue weighted by Crippen LogP contribution is -2.06. The van der Waals surface area contributed by atoms with E-state index in [1.807, 2.05) is 18.2 Å².